The Balaban J connectivity index is 1.45. The summed E-state index contributed by atoms with van der Waals surface area (Å²) in [5, 5.41) is 4.04. The minimum atomic E-state index is 0.0752. The first-order chi connectivity index (χ1) is 13.7. The summed E-state index contributed by atoms with van der Waals surface area (Å²) in [6.45, 7) is 3.13. The number of urea groups is 1. The van der Waals surface area contributed by atoms with E-state index in [-0.39, 0.29) is 12.1 Å². The lowest BCUT2D eigenvalue weighted by atomic mass is 9.80. The highest BCUT2D eigenvalue weighted by molar-refractivity contribution is 5.75. The summed E-state index contributed by atoms with van der Waals surface area (Å²) in [4.78, 5) is 14.9. The summed E-state index contributed by atoms with van der Waals surface area (Å²) in [6.07, 6.45) is 13.0. The van der Waals surface area contributed by atoms with Crippen LogP contribution in [0, 0.1) is 5.92 Å². The standard InChI is InChI=1S/C23H34N4O/c24-22-12-15-25(18-22)23(28)27-14-7-13-26(27)17-21(20-10-5-2-6-11-20)16-19-8-3-1-4-9-19/h2,5-7,10-11,14,19,21-22H,1,3-4,8-9,12-13,15-18,24H2/t21?,22-/m1/s1. The van der Waals surface area contributed by atoms with Crippen molar-refractivity contribution in [2.45, 2.75) is 56.9 Å². The summed E-state index contributed by atoms with van der Waals surface area (Å²) >= 11 is 0. The molecular formula is C23H34N4O. The fourth-order valence-corrected chi connectivity index (χ4v) is 5.02. The first-order valence-electron chi connectivity index (χ1n) is 11.0. The van der Waals surface area contributed by atoms with E-state index in [4.69, 9.17) is 5.73 Å². The van der Waals surface area contributed by atoms with Gasteiger partial charge in [-0.15, -0.1) is 0 Å². The number of carbonyl (C=O) groups is 1. The molecule has 28 heavy (non-hydrogen) atoms. The van der Waals surface area contributed by atoms with Gasteiger partial charge in [0.15, 0.2) is 0 Å². The van der Waals surface area contributed by atoms with E-state index in [0.717, 1.165) is 32.0 Å². The van der Waals surface area contributed by atoms with Crippen molar-refractivity contribution in [2.24, 2.45) is 11.7 Å². The zero-order chi connectivity index (χ0) is 19.3. The van der Waals surface area contributed by atoms with E-state index < -0.39 is 0 Å². The molecule has 2 atom stereocenters. The van der Waals surface area contributed by atoms with E-state index in [1.807, 2.05) is 16.1 Å². The third-order valence-electron chi connectivity index (χ3n) is 6.60. The summed E-state index contributed by atoms with van der Waals surface area (Å²) < 4.78 is 0. The Labute approximate surface area is 169 Å². The quantitative estimate of drug-likeness (QED) is 0.839. The fraction of sp³-hybridized carbons (Fsp3) is 0.609. The molecule has 2 heterocycles. The van der Waals surface area contributed by atoms with Crippen molar-refractivity contribution in [3.05, 3.63) is 48.2 Å². The van der Waals surface area contributed by atoms with Gasteiger partial charge >= 0.3 is 6.03 Å². The van der Waals surface area contributed by atoms with Crippen LogP contribution >= 0.6 is 0 Å². The highest BCUT2D eigenvalue weighted by Gasteiger charge is 2.33. The molecule has 1 aromatic carbocycles. The van der Waals surface area contributed by atoms with E-state index >= 15 is 0 Å². The molecule has 5 heteroatoms. The van der Waals surface area contributed by atoms with Gasteiger partial charge in [0, 0.05) is 38.4 Å². The molecule has 5 nitrogen and oxygen atoms in total. The molecule has 1 saturated carbocycles. The lowest BCUT2D eigenvalue weighted by Crippen LogP contribution is -2.48. The summed E-state index contributed by atoms with van der Waals surface area (Å²) in [6, 6.07) is 11.1. The fourth-order valence-electron chi connectivity index (χ4n) is 5.02. The Bertz CT molecular complexity index is 670. The van der Waals surface area contributed by atoms with Crippen molar-refractivity contribution in [2.75, 3.05) is 26.2 Å². The average Bonchev–Trinajstić information content (AvgIpc) is 3.37. The van der Waals surface area contributed by atoms with Gasteiger partial charge < -0.3 is 10.6 Å². The average molecular weight is 383 g/mol. The van der Waals surface area contributed by atoms with Gasteiger partial charge in [-0.05, 0) is 30.2 Å². The maximum atomic E-state index is 13.0. The first-order valence-corrected chi connectivity index (χ1v) is 11.0. The lowest BCUT2D eigenvalue weighted by Gasteiger charge is -2.35. The highest BCUT2D eigenvalue weighted by Crippen LogP contribution is 2.34. The third kappa shape index (κ3) is 4.58. The molecule has 152 valence electrons. The van der Waals surface area contributed by atoms with Crippen molar-refractivity contribution in [1.82, 2.24) is 14.9 Å². The molecule has 1 aliphatic carbocycles. The molecule has 0 spiro atoms. The predicted molar refractivity (Wildman–Crippen MR) is 112 cm³/mol. The molecule has 4 rings (SSSR count). The van der Waals surface area contributed by atoms with Crippen molar-refractivity contribution in [1.29, 1.82) is 0 Å². The molecule has 2 N–H and O–H groups in total. The Morgan fingerprint density at radius 3 is 2.61 bits per heavy atom. The van der Waals surface area contributed by atoms with Crippen LogP contribution in [-0.2, 0) is 0 Å². The van der Waals surface area contributed by atoms with Gasteiger partial charge in [-0.25, -0.2) is 14.8 Å². The largest absolute Gasteiger partial charge is 0.338 e. The molecular weight excluding hydrogens is 348 g/mol. The van der Waals surface area contributed by atoms with Crippen LogP contribution in [0.2, 0.25) is 0 Å². The second-order valence-corrected chi connectivity index (χ2v) is 8.73. The van der Waals surface area contributed by atoms with Crippen LogP contribution in [0.5, 0.6) is 0 Å². The molecule has 0 radical (unpaired) electrons. The van der Waals surface area contributed by atoms with Crippen molar-refractivity contribution in [3.63, 3.8) is 0 Å². The van der Waals surface area contributed by atoms with E-state index in [1.54, 1.807) is 0 Å². The number of rotatable bonds is 5. The van der Waals surface area contributed by atoms with Crippen LogP contribution in [0.1, 0.15) is 56.4 Å². The van der Waals surface area contributed by atoms with Gasteiger partial charge in [0.2, 0.25) is 0 Å². The van der Waals surface area contributed by atoms with Crippen LogP contribution < -0.4 is 5.73 Å². The van der Waals surface area contributed by atoms with Gasteiger partial charge in [-0.2, -0.15) is 0 Å². The summed E-state index contributed by atoms with van der Waals surface area (Å²) in [5.41, 5.74) is 7.41. The summed E-state index contributed by atoms with van der Waals surface area (Å²) in [5.74, 6) is 1.27. The number of nitrogens with zero attached hydrogens (tertiary/aromatic N) is 3. The Kier molecular flexibility index (Phi) is 6.33. The van der Waals surface area contributed by atoms with Crippen molar-refractivity contribution < 1.29 is 4.79 Å². The number of amides is 2. The number of hydrazine groups is 1. The Hall–Kier alpha value is -1.85. The number of hydrogen-bond acceptors (Lipinski definition) is 3. The SMILES string of the molecule is N[C@@H]1CCN(C(=O)N2C=CCN2CC(CC2CCCCC2)c2ccccc2)C1. The smallest absolute Gasteiger partial charge is 0.326 e. The minimum absolute atomic E-state index is 0.0752. The monoisotopic (exact) mass is 382 g/mol. The van der Waals surface area contributed by atoms with E-state index in [9.17, 15) is 4.79 Å². The van der Waals surface area contributed by atoms with Crippen molar-refractivity contribution in [3.8, 4) is 0 Å². The van der Waals surface area contributed by atoms with Crippen LogP contribution in [0.4, 0.5) is 4.79 Å². The van der Waals surface area contributed by atoms with E-state index in [0.29, 0.717) is 12.5 Å². The van der Waals surface area contributed by atoms with Gasteiger partial charge in [-0.1, -0.05) is 68.5 Å². The van der Waals surface area contributed by atoms with Crippen molar-refractivity contribution >= 4 is 6.03 Å². The topological polar surface area (TPSA) is 52.8 Å². The Morgan fingerprint density at radius 2 is 1.89 bits per heavy atom. The first kappa shape index (κ1) is 19.5. The normalized spacial score (nSPS) is 24.8. The molecule has 3 aliphatic rings. The zero-order valence-electron chi connectivity index (χ0n) is 16.9. The number of hydrogen-bond donors (Lipinski definition) is 1. The second-order valence-electron chi connectivity index (χ2n) is 8.73. The van der Waals surface area contributed by atoms with Gasteiger partial charge in [-0.3, -0.25) is 0 Å². The molecule has 2 amide bonds. The maximum Gasteiger partial charge on any atom is 0.338 e. The number of benzene rings is 1. The minimum Gasteiger partial charge on any atom is -0.326 e. The van der Waals surface area contributed by atoms with E-state index in [1.165, 1.54) is 44.1 Å². The van der Waals surface area contributed by atoms with Crippen LogP contribution in [0.25, 0.3) is 0 Å². The van der Waals surface area contributed by atoms with Gasteiger partial charge in [0.05, 0.1) is 0 Å². The number of likely N-dealkylation sites (tertiary alicyclic amines) is 1. The van der Waals surface area contributed by atoms with Crippen LogP contribution in [-0.4, -0.2) is 53.2 Å². The number of carbonyl (C=O) groups excluding carboxylic acids is 1. The van der Waals surface area contributed by atoms with E-state index in [2.05, 4.69) is 41.4 Å². The molecule has 1 aromatic rings. The second kappa shape index (κ2) is 9.10. The van der Waals surface area contributed by atoms with Crippen LogP contribution in [0.15, 0.2) is 42.6 Å². The zero-order valence-corrected chi connectivity index (χ0v) is 16.9. The molecule has 1 unspecified atom stereocenters. The molecule has 1 saturated heterocycles. The van der Waals surface area contributed by atoms with Gasteiger partial charge in [0.1, 0.15) is 0 Å². The number of nitrogens with two attached hydrogens (primary N) is 1. The van der Waals surface area contributed by atoms with Gasteiger partial charge in [0.25, 0.3) is 0 Å². The summed E-state index contributed by atoms with van der Waals surface area (Å²) in [7, 11) is 0. The third-order valence-corrected chi connectivity index (χ3v) is 6.60. The lowest BCUT2D eigenvalue weighted by molar-refractivity contribution is 0.0539. The Morgan fingerprint density at radius 1 is 1.11 bits per heavy atom. The highest BCUT2D eigenvalue weighted by atomic mass is 16.2. The maximum absolute atomic E-state index is 13.0. The molecule has 2 aliphatic heterocycles. The molecule has 2 fully saturated rings. The molecule has 0 bridgehead atoms. The predicted octanol–water partition coefficient (Wildman–Crippen LogP) is 3.94. The van der Waals surface area contributed by atoms with Crippen LogP contribution in [0.3, 0.4) is 0 Å². The molecule has 0 aromatic heterocycles.